The Kier molecular flexibility index (Phi) is 7.63. The topological polar surface area (TPSA) is 123 Å². The molecule has 1 fully saturated rings. The van der Waals surface area contributed by atoms with E-state index in [1.54, 1.807) is 23.7 Å². The number of nitrogens with one attached hydrogen (secondary N) is 2. The van der Waals surface area contributed by atoms with Crippen molar-refractivity contribution in [2.24, 2.45) is 5.92 Å². The molecule has 3 aromatic heterocycles. The van der Waals surface area contributed by atoms with Crippen LogP contribution in [0.5, 0.6) is 0 Å². The molecule has 5 rings (SSSR count). The first-order valence-corrected chi connectivity index (χ1v) is 13.9. The number of thiazole rings is 1. The van der Waals surface area contributed by atoms with Gasteiger partial charge in [-0.25, -0.2) is 9.97 Å². The second-order valence-electron chi connectivity index (χ2n) is 10.2. The van der Waals surface area contributed by atoms with E-state index < -0.39 is 24.2 Å². The molecule has 0 radical (unpaired) electrons. The van der Waals surface area contributed by atoms with Crippen LogP contribution in [0.15, 0.2) is 42.7 Å². The van der Waals surface area contributed by atoms with Crippen LogP contribution in [0.1, 0.15) is 48.6 Å². The van der Waals surface area contributed by atoms with Crippen LogP contribution in [0.3, 0.4) is 0 Å². The molecular formula is C29H35N5O3S. The molecule has 5 N–H and O–H groups in total. The van der Waals surface area contributed by atoms with Gasteiger partial charge in [-0.05, 0) is 56.4 Å². The number of rotatable bonds is 8. The number of pyridine rings is 2. The third-order valence-electron chi connectivity index (χ3n) is 7.62. The molecule has 5 unspecified atom stereocenters. The van der Waals surface area contributed by atoms with Crippen molar-refractivity contribution in [1.29, 1.82) is 0 Å². The lowest BCUT2D eigenvalue weighted by Gasteiger charge is -2.25. The van der Waals surface area contributed by atoms with Crippen molar-refractivity contribution in [3.8, 4) is 10.6 Å². The van der Waals surface area contributed by atoms with E-state index >= 15 is 0 Å². The lowest BCUT2D eigenvalue weighted by molar-refractivity contribution is 0.00446. The lowest BCUT2D eigenvalue weighted by atomic mass is 10.00. The zero-order valence-electron chi connectivity index (χ0n) is 22.1. The summed E-state index contributed by atoms with van der Waals surface area (Å²) in [4.78, 5) is 14.2. The molecule has 1 aliphatic rings. The van der Waals surface area contributed by atoms with Gasteiger partial charge in [0, 0.05) is 24.8 Å². The van der Waals surface area contributed by atoms with Crippen molar-refractivity contribution in [2.45, 2.75) is 64.8 Å². The van der Waals surface area contributed by atoms with Crippen LogP contribution in [0, 0.1) is 19.8 Å². The maximum absolute atomic E-state index is 10.8. The zero-order valence-corrected chi connectivity index (χ0v) is 23.0. The molecule has 0 amide bonds. The molecule has 1 aliphatic carbocycles. The first kappa shape index (κ1) is 26.5. The molecule has 0 saturated heterocycles. The third-order valence-corrected chi connectivity index (χ3v) is 8.67. The fraction of sp³-hybridized carbons (Fsp3) is 0.414. The van der Waals surface area contributed by atoms with Crippen molar-refractivity contribution in [3.63, 3.8) is 0 Å². The Hall–Kier alpha value is -3.11. The van der Waals surface area contributed by atoms with E-state index in [1.807, 2.05) is 6.07 Å². The minimum atomic E-state index is -1.02. The number of hydrogen-bond donors (Lipinski definition) is 5. The fourth-order valence-electron chi connectivity index (χ4n) is 5.31. The predicted octanol–water partition coefficient (Wildman–Crippen LogP) is 4.62. The highest BCUT2D eigenvalue weighted by Crippen LogP contribution is 2.41. The monoisotopic (exact) mass is 533 g/mol. The molecule has 38 heavy (non-hydrogen) atoms. The van der Waals surface area contributed by atoms with E-state index in [0.29, 0.717) is 12.2 Å². The minimum Gasteiger partial charge on any atom is -0.396 e. The number of nitrogens with zero attached hydrogens (tertiary/aromatic N) is 3. The number of aromatic nitrogens is 3. The van der Waals surface area contributed by atoms with Gasteiger partial charge in [-0.1, -0.05) is 36.8 Å². The summed E-state index contributed by atoms with van der Waals surface area (Å²) in [6, 6.07) is 9.98. The SMILES string of the molecule is CCc1c(NC(C)c2ccc(C)cc2)nc(NC2CC(CO)C(O)C2O)c(-c2nc3cnccc3s2)c1C. The smallest absolute Gasteiger partial charge is 0.139 e. The molecule has 8 nitrogen and oxygen atoms in total. The van der Waals surface area contributed by atoms with Gasteiger partial charge in [-0.2, -0.15) is 0 Å². The van der Waals surface area contributed by atoms with Gasteiger partial charge in [-0.15, -0.1) is 11.3 Å². The average molecular weight is 534 g/mol. The summed E-state index contributed by atoms with van der Waals surface area (Å²) in [5, 5.41) is 38.8. The van der Waals surface area contributed by atoms with Crippen LogP contribution in [-0.2, 0) is 6.42 Å². The van der Waals surface area contributed by atoms with E-state index in [-0.39, 0.29) is 12.6 Å². The first-order valence-electron chi connectivity index (χ1n) is 13.1. The van der Waals surface area contributed by atoms with E-state index in [9.17, 15) is 15.3 Å². The van der Waals surface area contributed by atoms with E-state index in [0.717, 1.165) is 49.7 Å². The summed E-state index contributed by atoms with van der Waals surface area (Å²) in [5.41, 5.74) is 6.23. The van der Waals surface area contributed by atoms with Gasteiger partial charge >= 0.3 is 0 Å². The summed E-state index contributed by atoms with van der Waals surface area (Å²) in [7, 11) is 0. The summed E-state index contributed by atoms with van der Waals surface area (Å²) in [6.07, 6.45) is 2.71. The van der Waals surface area contributed by atoms with Crippen molar-refractivity contribution in [2.75, 3.05) is 17.2 Å². The first-order chi connectivity index (χ1) is 18.3. The van der Waals surface area contributed by atoms with Gasteiger partial charge < -0.3 is 26.0 Å². The molecule has 1 saturated carbocycles. The van der Waals surface area contributed by atoms with Gasteiger partial charge in [-0.3, -0.25) is 4.98 Å². The highest BCUT2D eigenvalue weighted by atomic mass is 32.1. The number of fused-ring (bicyclic) bond motifs is 1. The van der Waals surface area contributed by atoms with Gasteiger partial charge in [0.05, 0.1) is 28.6 Å². The van der Waals surface area contributed by atoms with E-state index in [2.05, 4.69) is 67.6 Å². The Morgan fingerprint density at radius 1 is 1.05 bits per heavy atom. The largest absolute Gasteiger partial charge is 0.396 e. The van der Waals surface area contributed by atoms with Crippen LogP contribution in [0.2, 0.25) is 0 Å². The molecule has 1 aromatic carbocycles. The molecule has 0 aliphatic heterocycles. The van der Waals surface area contributed by atoms with Gasteiger partial charge in [0.1, 0.15) is 28.3 Å². The maximum Gasteiger partial charge on any atom is 0.139 e. The van der Waals surface area contributed by atoms with Gasteiger partial charge in [0.25, 0.3) is 0 Å². The predicted molar refractivity (Wildman–Crippen MR) is 153 cm³/mol. The molecule has 200 valence electrons. The molecule has 3 heterocycles. The molecular weight excluding hydrogens is 498 g/mol. The maximum atomic E-state index is 10.8. The summed E-state index contributed by atoms with van der Waals surface area (Å²) in [5.74, 6) is 0.980. The summed E-state index contributed by atoms with van der Waals surface area (Å²) >= 11 is 1.58. The number of hydrogen-bond acceptors (Lipinski definition) is 9. The second kappa shape index (κ2) is 10.9. The van der Waals surface area contributed by atoms with Crippen molar-refractivity contribution < 1.29 is 15.3 Å². The van der Waals surface area contributed by atoms with E-state index in [1.165, 1.54) is 5.56 Å². The number of aryl methyl sites for hydroxylation is 1. The fourth-order valence-corrected chi connectivity index (χ4v) is 6.35. The van der Waals surface area contributed by atoms with Crippen molar-refractivity contribution >= 4 is 33.2 Å². The van der Waals surface area contributed by atoms with Gasteiger partial charge in [0.2, 0.25) is 0 Å². The molecule has 0 spiro atoms. The number of benzene rings is 1. The molecule has 4 aromatic rings. The van der Waals surface area contributed by atoms with Crippen LogP contribution in [0.25, 0.3) is 20.8 Å². The number of aliphatic hydroxyl groups is 3. The second-order valence-corrected chi connectivity index (χ2v) is 11.2. The summed E-state index contributed by atoms with van der Waals surface area (Å²) < 4.78 is 1.03. The third kappa shape index (κ3) is 4.99. The van der Waals surface area contributed by atoms with Crippen LogP contribution >= 0.6 is 11.3 Å². The van der Waals surface area contributed by atoms with E-state index in [4.69, 9.17) is 9.97 Å². The Morgan fingerprint density at radius 2 is 1.82 bits per heavy atom. The van der Waals surface area contributed by atoms with Crippen LogP contribution in [-0.4, -0.2) is 55.1 Å². The minimum absolute atomic E-state index is 0.0256. The summed E-state index contributed by atoms with van der Waals surface area (Å²) in [6.45, 7) is 8.21. The number of aliphatic hydroxyl groups excluding tert-OH is 3. The normalized spacial score (nSPS) is 22.1. The average Bonchev–Trinajstić information content (AvgIpc) is 3.45. The lowest BCUT2D eigenvalue weighted by Crippen LogP contribution is -2.35. The molecule has 5 atom stereocenters. The van der Waals surface area contributed by atoms with Crippen LogP contribution in [0.4, 0.5) is 11.6 Å². The molecule has 9 heteroatoms. The Bertz CT molecular complexity index is 1390. The molecule has 0 bridgehead atoms. The highest BCUT2D eigenvalue weighted by molar-refractivity contribution is 7.21. The van der Waals surface area contributed by atoms with Crippen molar-refractivity contribution in [1.82, 2.24) is 15.0 Å². The Balaban J connectivity index is 1.60. The van der Waals surface area contributed by atoms with Crippen molar-refractivity contribution in [3.05, 3.63) is 65.0 Å². The highest BCUT2D eigenvalue weighted by Gasteiger charge is 2.41. The number of anilines is 2. The quantitative estimate of drug-likeness (QED) is 0.222. The Morgan fingerprint density at radius 3 is 2.47 bits per heavy atom. The zero-order chi connectivity index (χ0) is 27.0. The van der Waals surface area contributed by atoms with Crippen LogP contribution < -0.4 is 10.6 Å². The standard InChI is InChI=1S/C29H35N5O3S/c1-5-20-16(3)24(29-33-22-13-30-11-10-23(22)38-29)28(32-21-12-19(14-35)25(36)26(21)37)34-27(20)31-17(4)18-8-6-15(2)7-9-18/h6-11,13,17,19,21,25-26,35-37H,5,12,14H2,1-4H3,(H2,31,32,34). The van der Waals surface area contributed by atoms with Gasteiger partial charge in [0.15, 0.2) is 0 Å². The Labute approximate surface area is 226 Å².